The summed E-state index contributed by atoms with van der Waals surface area (Å²) in [5, 5.41) is 17.3. The normalized spacial score (nSPS) is 10.8. The van der Waals surface area contributed by atoms with Gasteiger partial charge in [0.15, 0.2) is 0 Å². The zero-order valence-corrected chi connectivity index (χ0v) is 13.0. The highest BCUT2D eigenvalue weighted by Crippen LogP contribution is 2.24. The fourth-order valence-corrected chi connectivity index (χ4v) is 2.42. The number of nitrogens with zero attached hydrogens (tertiary/aromatic N) is 3. The number of nitrogens with one attached hydrogen (secondary N) is 2. The Labute approximate surface area is 136 Å². The molecule has 0 saturated carbocycles. The van der Waals surface area contributed by atoms with Gasteiger partial charge in [0.05, 0.1) is 6.21 Å². The van der Waals surface area contributed by atoms with E-state index < -0.39 is 0 Å². The van der Waals surface area contributed by atoms with Gasteiger partial charge in [-0.25, -0.2) is 0 Å². The SMILES string of the molecule is Clc1ccc(Nc2nnc(N/N=C/c3ccccc3)s2)cc1. The highest BCUT2D eigenvalue weighted by atomic mass is 35.5. The Morgan fingerprint density at radius 3 is 2.45 bits per heavy atom. The summed E-state index contributed by atoms with van der Waals surface area (Å²) >= 11 is 7.22. The average molecular weight is 330 g/mol. The predicted octanol–water partition coefficient (Wildman–Crippen LogP) is 4.38. The van der Waals surface area contributed by atoms with Crippen molar-refractivity contribution >= 4 is 45.1 Å². The lowest BCUT2D eigenvalue weighted by atomic mass is 10.2. The summed E-state index contributed by atoms with van der Waals surface area (Å²) < 4.78 is 0. The third-order valence-corrected chi connectivity index (χ3v) is 3.69. The summed E-state index contributed by atoms with van der Waals surface area (Å²) in [5.74, 6) is 0. The van der Waals surface area contributed by atoms with Crippen LogP contribution in [0, 0.1) is 0 Å². The standard InChI is InChI=1S/C15H12ClN5S/c16-12-6-8-13(9-7-12)18-14-20-21-15(22-14)19-17-10-11-4-2-1-3-5-11/h1-10H,(H,18,20)(H,19,21)/b17-10+. The van der Waals surface area contributed by atoms with Crippen molar-refractivity contribution in [2.75, 3.05) is 10.7 Å². The molecule has 22 heavy (non-hydrogen) atoms. The zero-order chi connectivity index (χ0) is 15.2. The van der Waals surface area contributed by atoms with Crippen molar-refractivity contribution in [3.63, 3.8) is 0 Å². The van der Waals surface area contributed by atoms with Gasteiger partial charge in [-0.3, -0.25) is 5.43 Å². The Morgan fingerprint density at radius 1 is 0.955 bits per heavy atom. The van der Waals surface area contributed by atoms with Gasteiger partial charge in [-0.15, -0.1) is 10.2 Å². The quantitative estimate of drug-likeness (QED) is 0.538. The van der Waals surface area contributed by atoms with E-state index in [1.807, 2.05) is 54.6 Å². The van der Waals surface area contributed by atoms with Crippen molar-refractivity contribution in [2.45, 2.75) is 0 Å². The molecule has 5 nitrogen and oxygen atoms in total. The maximum absolute atomic E-state index is 5.85. The fraction of sp³-hybridized carbons (Fsp3) is 0. The van der Waals surface area contributed by atoms with Crippen LogP contribution in [0.25, 0.3) is 0 Å². The van der Waals surface area contributed by atoms with Gasteiger partial charge in [0.25, 0.3) is 0 Å². The lowest BCUT2D eigenvalue weighted by molar-refractivity contribution is 1.08. The van der Waals surface area contributed by atoms with Crippen molar-refractivity contribution in [1.82, 2.24) is 10.2 Å². The number of benzene rings is 2. The molecule has 0 atom stereocenters. The summed E-state index contributed by atoms with van der Waals surface area (Å²) in [6.45, 7) is 0. The van der Waals surface area contributed by atoms with Gasteiger partial charge < -0.3 is 5.32 Å². The van der Waals surface area contributed by atoms with Crippen molar-refractivity contribution in [3.05, 3.63) is 65.2 Å². The van der Waals surface area contributed by atoms with Crippen LogP contribution >= 0.6 is 22.9 Å². The van der Waals surface area contributed by atoms with Gasteiger partial charge in [0, 0.05) is 10.7 Å². The van der Waals surface area contributed by atoms with E-state index in [1.165, 1.54) is 11.3 Å². The molecular weight excluding hydrogens is 318 g/mol. The summed E-state index contributed by atoms with van der Waals surface area (Å²) in [6.07, 6.45) is 1.73. The van der Waals surface area contributed by atoms with Crippen LogP contribution in [-0.2, 0) is 0 Å². The van der Waals surface area contributed by atoms with E-state index in [0.29, 0.717) is 15.3 Å². The first-order valence-electron chi connectivity index (χ1n) is 6.50. The highest BCUT2D eigenvalue weighted by Gasteiger charge is 2.03. The lowest BCUT2D eigenvalue weighted by Gasteiger charge is -2.00. The summed E-state index contributed by atoms with van der Waals surface area (Å²) in [6, 6.07) is 17.2. The predicted molar refractivity (Wildman–Crippen MR) is 92.3 cm³/mol. The topological polar surface area (TPSA) is 62.2 Å². The van der Waals surface area contributed by atoms with Gasteiger partial charge in [-0.05, 0) is 29.8 Å². The van der Waals surface area contributed by atoms with E-state index in [2.05, 4.69) is 26.0 Å². The van der Waals surface area contributed by atoms with Crippen molar-refractivity contribution in [2.24, 2.45) is 5.10 Å². The molecule has 1 aromatic heterocycles. The van der Waals surface area contributed by atoms with Crippen LogP contribution in [0.4, 0.5) is 16.0 Å². The molecular formula is C15H12ClN5S. The molecule has 0 amide bonds. The first kappa shape index (κ1) is 14.5. The minimum absolute atomic E-state index is 0.614. The molecule has 0 bridgehead atoms. The number of hydrogen-bond acceptors (Lipinski definition) is 6. The van der Waals surface area contributed by atoms with Crippen molar-refractivity contribution in [1.29, 1.82) is 0 Å². The average Bonchev–Trinajstić information content (AvgIpc) is 2.98. The van der Waals surface area contributed by atoms with E-state index in [-0.39, 0.29) is 0 Å². The molecule has 0 unspecified atom stereocenters. The number of aromatic nitrogens is 2. The summed E-state index contributed by atoms with van der Waals surface area (Å²) in [5.41, 5.74) is 4.78. The van der Waals surface area contributed by atoms with Crippen molar-refractivity contribution in [3.8, 4) is 0 Å². The number of hydrogen-bond donors (Lipinski definition) is 2. The minimum atomic E-state index is 0.614. The van der Waals surface area contributed by atoms with Gasteiger partial charge >= 0.3 is 0 Å². The lowest BCUT2D eigenvalue weighted by Crippen LogP contribution is -1.89. The second-order valence-corrected chi connectivity index (χ2v) is 5.74. The number of hydrazone groups is 1. The maximum atomic E-state index is 5.85. The van der Waals surface area contributed by atoms with E-state index in [4.69, 9.17) is 11.6 Å². The van der Waals surface area contributed by atoms with Gasteiger partial charge in [-0.1, -0.05) is 53.3 Å². The van der Waals surface area contributed by atoms with Crippen LogP contribution in [0.5, 0.6) is 0 Å². The molecule has 1 heterocycles. The van der Waals surface area contributed by atoms with Crippen LogP contribution in [-0.4, -0.2) is 16.4 Å². The van der Waals surface area contributed by atoms with E-state index in [0.717, 1.165) is 11.3 Å². The molecule has 0 spiro atoms. The maximum Gasteiger partial charge on any atom is 0.227 e. The van der Waals surface area contributed by atoms with Crippen LogP contribution in [0.1, 0.15) is 5.56 Å². The molecule has 2 aromatic carbocycles. The first-order valence-corrected chi connectivity index (χ1v) is 7.69. The van der Waals surface area contributed by atoms with E-state index >= 15 is 0 Å². The molecule has 0 aliphatic heterocycles. The molecule has 7 heteroatoms. The largest absolute Gasteiger partial charge is 0.330 e. The molecule has 3 rings (SSSR count). The molecule has 3 aromatic rings. The summed E-state index contributed by atoms with van der Waals surface area (Å²) in [4.78, 5) is 0. The number of halogens is 1. The van der Waals surface area contributed by atoms with Gasteiger partial charge in [-0.2, -0.15) is 5.10 Å². The fourth-order valence-electron chi connectivity index (χ4n) is 1.68. The second-order valence-electron chi connectivity index (χ2n) is 4.32. The van der Waals surface area contributed by atoms with Crippen LogP contribution in [0.2, 0.25) is 5.02 Å². The van der Waals surface area contributed by atoms with E-state index in [1.54, 1.807) is 6.21 Å². The molecule has 0 aliphatic rings. The number of rotatable bonds is 5. The smallest absolute Gasteiger partial charge is 0.227 e. The van der Waals surface area contributed by atoms with Gasteiger partial charge in [0.2, 0.25) is 10.3 Å². The molecule has 0 saturated heterocycles. The van der Waals surface area contributed by atoms with Crippen LogP contribution in [0.3, 0.4) is 0 Å². The Bertz CT molecular complexity index is 755. The first-order chi connectivity index (χ1) is 10.8. The third-order valence-electron chi connectivity index (χ3n) is 2.69. The minimum Gasteiger partial charge on any atom is -0.330 e. The Hall–Kier alpha value is -2.44. The molecule has 0 fully saturated rings. The molecule has 2 N–H and O–H groups in total. The monoisotopic (exact) mass is 329 g/mol. The Morgan fingerprint density at radius 2 is 1.68 bits per heavy atom. The third kappa shape index (κ3) is 4.03. The highest BCUT2D eigenvalue weighted by molar-refractivity contribution is 7.19. The Kier molecular flexibility index (Phi) is 4.62. The second kappa shape index (κ2) is 7.02. The molecule has 0 radical (unpaired) electrons. The number of anilines is 3. The van der Waals surface area contributed by atoms with Gasteiger partial charge in [0.1, 0.15) is 0 Å². The van der Waals surface area contributed by atoms with Crippen LogP contribution < -0.4 is 10.7 Å². The molecule has 110 valence electrons. The molecule has 0 aliphatic carbocycles. The zero-order valence-electron chi connectivity index (χ0n) is 11.4. The van der Waals surface area contributed by atoms with Crippen molar-refractivity contribution < 1.29 is 0 Å². The summed E-state index contributed by atoms with van der Waals surface area (Å²) in [7, 11) is 0. The Balaban J connectivity index is 1.59. The van der Waals surface area contributed by atoms with E-state index in [9.17, 15) is 0 Å². The van der Waals surface area contributed by atoms with Crippen LogP contribution in [0.15, 0.2) is 59.7 Å².